The molecule has 39 heavy (non-hydrogen) atoms. The molecule has 4 heterocycles. The molecule has 0 bridgehead atoms. The number of rotatable bonds is 5. The molecule has 0 spiro atoms. The van der Waals surface area contributed by atoms with Crippen LogP contribution in [-0.4, -0.2) is 44.0 Å². The van der Waals surface area contributed by atoms with Crippen molar-refractivity contribution in [2.45, 2.75) is 52.2 Å². The molecule has 6 rings (SSSR count). The fourth-order valence-electron chi connectivity index (χ4n) is 4.79. The highest BCUT2D eigenvalue weighted by Crippen LogP contribution is 2.38. The van der Waals surface area contributed by atoms with E-state index in [0.717, 1.165) is 41.3 Å². The molecule has 1 fully saturated rings. The number of aromatic nitrogens is 3. The third-order valence-electron chi connectivity index (χ3n) is 6.88. The standard InChI is InChI=1S/C30H31N5O4/c1-30(2,3)39-29(37)35-13-10-18-6-7-22(14-21(18)17-35)38-24-9-12-32-27-26(24)23(16-33-27)20-8-11-31-25(15-20)34-28(36)19-4-5-19/h6-9,11-12,14-16,19H,4-5,10,13,17H2,1-3H3,(H,32,33)(H,31,34,36). The Morgan fingerprint density at radius 3 is 2.67 bits per heavy atom. The number of fused-ring (bicyclic) bond motifs is 2. The second-order valence-electron chi connectivity index (χ2n) is 11.1. The number of anilines is 1. The Hall–Kier alpha value is -4.40. The van der Waals surface area contributed by atoms with Gasteiger partial charge in [0.05, 0.1) is 5.39 Å². The number of aromatic amines is 1. The topological polar surface area (TPSA) is 109 Å². The fourth-order valence-corrected chi connectivity index (χ4v) is 4.79. The molecule has 1 aliphatic heterocycles. The summed E-state index contributed by atoms with van der Waals surface area (Å²) in [5.41, 5.74) is 4.17. The average Bonchev–Trinajstić information content (AvgIpc) is 3.66. The Morgan fingerprint density at radius 2 is 1.87 bits per heavy atom. The van der Waals surface area contributed by atoms with Crippen LogP contribution >= 0.6 is 0 Å². The summed E-state index contributed by atoms with van der Waals surface area (Å²) in [5, 5.41) is 3.75. The van der Waals surface area contributed by atoms with Crippen molar-refractivity contribution in [1.29, 1.82) is 0 Å². The van der Waals surface area contributed by atoms with E-state index < -0.39 is 5.60 Å². The quantitative estimate of drug-likeness (QED) is 0.328. The molecule has 0 atom stereocenters. The highest BCUT2D eigenvalue weighted by molar-refractivity contribution is 5.99. The van der Waals surface area contributed by atoms with E-state index in [2.05, 4.69) is 26.3 Å². The minimum absolute atomic E-state index is 0.0157. The molecule has 2 N–H and O–H groups in total. The lowest BCUT2D eigenvalue weighted by Crippen LogP contribution is -2.39. The average molecular weight is 526 g/mol. The van der Waals surface area contributed by atoms with Crippen LogP contribution in [0.1, 0.15) is 44.7 Å². The number of carbonyl (C=O) groups is 2. The van der Waals surface area contributed by atoms with Crippen LogP contribution in [0.3, 0.4) is 0 Å². The first kappa shape index (κ1) is 24.9. The van der Waals surface area contributed by atoms with Crippen LogP contribution in [0.4, 0.5) is 10.6 Å². The summed E-state index contributed by atoms with van der Waals surface area (Å²) in [6.45, 7) is 6.70. The lowest BCUT2D eigenvalue weighted by Gasteiger charge is -2.31. The van der Waals surface area contributed by atoms with Crippen molar-refractivity contribution in [1.82, 2.24) is 19.9 Å². The van der Waals surface area contributed by atoms with Gasteiger partial charge < -0.3 is 24.7 Å². The van der Waals surface area contributed by atoms with E-state index in [1.165, 1.54) is 5.56 Å². The van der Waals surface area contributed by atoms with Gasteiger partial charge in [-0.2, -0.15) is 0 Å². The van der Waals surface area contributed by atoms with E-state index >= 15 is 0 Å². The van der Waals surface area contributed by atoms with Crippen LogP contribution in [-0.2, 0) is 22.5 Å². The molecule has 9 nitrogen and oxygen atoms in total. The number of ether oxygens (including phenoxy) is 2. The van der Waals surface area contributed by atoms with Crippen molar-refractivity contribution in [3.8, 4) is 22.6 Å². The van der Waals surface area contributed by atoms with Gasteiger partial charge >= 0.3 is 6.09 Å². The van der Waals surface area contributed by atoms with Gasteiger partial charge in [0.1, 0.15) is 28.6 Å². The first-order chi connectivity index (χ1) is 18.7. The highest BCUT2D eigenvalue weighted by atomic mass is 16.6. The third-order valence-corrected chi connectivity index (χ3v) is 6.88. The van der Waals surface area contributed by atoms with E-state index in [1.807, 2.05) is 57.3 Å². The summed E-state index contributed by atoms with van der Waals surface area (Å²) in [6, 6.07) is 11.6. The maximum Gasteiger partial charge on any atom is 0.410 e. The Balaban J connectivity index is 1.26. The first-order valence-corrected chi connectivity index (χ1v) is 13.2. The van der Waals surface area contributed by atoms with Gasteiger partial charge in [0.2, 0.25) is 5.91 Å². The molecule has 2 aliphatic rings. The molecule has 1 aliphatic carbocycles. The number of benzene rings is 1. The van der Waals surface area contributed by atoms with Gasteiger partial charge in [-0.05, 0) is 87.1 Å². The predicted octanol–water partition coefficient (Wildman–Crippen LogP) is 6.06. The Kier molecular flexibility index (Phi) is 6.21. The van der Waals surface area contributed by atoms with Gasteiger partial charge in [-0.1, -0.05) is 6.07 Å². The summed E-state index contributed by atoms with van der Waals surface area (Å²) >= 11 is 0. The van der Waals surface area contributed by atoms with Gasteiger partial charge in [0.25, 0.3) is 0 Å². The third kappa shape index (κ3) is 5.43. The van der Waals surface area contributed by atoms with Crippen LogP contribution in [0.25, 0.3) is 22.2 Å². The van der Waals surface area contributed by atoms with Crippen LogP contribution in [0.2, 0.25) is 0 Å². The number of hydrogen-bond donors (Lipinski definition) is 2. The zero-order valence-corrected chi connectivity index (χ0v) is 22.3. The lowest BCUT2D eigenvalue weighted by molar-refractivity contribution is -0.117. The molecular formula is C30H31N5O4. The molecule has 9 heteroatoms. The van der Waals surface area contributed by atoms with E-state index in [4.69, 9.17) is 9.47 Å². The molecule has 0 unspecified atom stereocenters. The maximum absolute atomic E-state index is 12.6. The van der Waals surface area contributed by atoms with E-state index in [0.29, 0.717) is 36.1 Å². The van der Waals surface area contributed by atoms with Crippen molar-refractivity contribution in [2.24, 2.45) is 5.92 Å². The number of carbonyl (C=O) groups excluding carboxylic acids is 2. The summed E-state index contributed by atoms with van der Waals surface area (Å²) in [4.78, 5) is 38.7. The van der Waals surface area contributed by atoms with Crippen molar-refractivity contribution < 1.29 is 19.1 Å². The van der Waals surface area contributed by atoms with Gasteiger partial charge in [-0.15, -0.1) is 0 Å². The van der Waals surface area contributed by atoms with E-state index in [9.17, 15) is 9.59 Å². The minimum atomic E-state index is -0.540. The maximum atomic E-state index is 12.6. The molecular weight excluding hydrogens is 494 g/mol. The lowest BCUT2D eigenvalue weighted by atomic mass is 10.00. The number of pyridine rings is 2. The molecule has 200 valence electrons. The van der Waals surface area contributed by atoms with E-state index in [1.54, 1.807) is 17.3 Å². The van der Waals surface area contributed by atoms with Crippen molar-refractivity contribution >= 4 is 28.9 Å². The van der Waals surface area contributed by atoms with Crippen LogP contribution in [0, 0.1) is 5.92 Å². The van der Waals surface area contributed by atoms with Gasteiger partial charge in [0, 0.05) is 43.2 Å². The zero-order valence-electron chi connectivity index (χ0n) is 22.3. The summed E-state index contributed by atoms with van der Waals surface area (Å²) in [5.74, 6) is 1.96. The second kappa shape index (κ2) is 9.72. The Bertz CT molecular complexity index is 1570. The molecule has 2 amide bonds. The van der Waals surface area contributed by atoms with Gasteiger partial charge in [-0.25, -0.2) is 14.8 Å². The van der Waals surface area contributed by atoms with Crippen molar-refractivity contribution in [3.63, 3.8) is 0 Å². The number of hydrogen-bond acceptors (Lipinski definition) is 6. The molecule has 1 aromatic carbocycles. The smallest absolute Gasteiger partial charge is 0.410 e. The molecule has 3 aromatic heterocycles. The molecule has 0 radical (unpaired) electrons. The van der Waals surface area contributed by atoms with Crippen LogP contribution < -0.4 is 10.1 Å². The fraction of sp³-hybridized carbons (Fsp3) is 0.333. The van der Waals surface area contributed by atoms with Crippen LogP contribution in [0.5, 0.6) is 11.5 Å². The zero-order chi connectivity index (χ0) is 27.1. The number of amides is 2. The first-order valence-electron chi connectivity index (χ1n) is 13.2. The van der Waals surface area contributed by atoms with Gasteiger partial charge in [-0.3, -0.25) is 4.79 Å². The highest BCUT2D eigenvalue weighted by Gasteiger charge is 2.30. The van der Waals surface area contributed by atoms with E-state index in [-0.39, 0.29) is 17.9 Å². The summed E-state index contributed by atoms with van der Waals surface area (Å²) < 4.78 is 12.0. The summed E-state index contributed by atoms with van der Waals surface area (Å²) in [7, 11) is 0. The van der Waals surface area contributed by atoms with Gasteiger partial charge in [0.15, 0.2) is 0 Å². The number of nitrogens with zero attached hydrogens (tertiary/aromatic N) is 3. The van der Waals surface area contributed by atoms with Crippen molar-refractivity contribution in [3.05, 3.63) is 66.1 Å². The molecule has 0 saturated heterocycles. The van der Waals surface area contributed by atoms with Crippen molar-refractivity contribution in [2.75, 3.05) is 11.9 Å². The Morgan fingerprint density at radius 1 is 1.05 bits per heavy atom. The summed E-state index contributed by atoms with van der Waals surface area (Å²) in [6.07, 6.45) is 7.60. The SMILES string of the molecule is CC(C)(C)OC(=O)N1CCc2ccc(Oc3ccnc4[nH]cc(-c5ccnc(NC(=O)C6CC6)c5)c34)cc2C1. The predicted molar refractivity (Wildman–Crippen MR) is 148 cm³/mol. The largest absolute Gasteiger partial charge is 0.457 e. The number of H-pyrrole nitrogens is 1. The second-order valence-corrected chi connectivity index (χ2v) is 11.1. The normalized spacial score (nSPS) is 15.1. The van der Waals surface area contributed by atoms with Crippen LogP contribution in [0.15, 0.2) is 55.0 Å². The molecule has 4 aromatic rings. The Labute approximate surface area is 226 Å². The number of nitrogens with one attached hydrogen (secondary N) is 2. The monoisotopic (exact) mass is 525 g/mol. The molecule has 1 saturated carbocycles. The minimum Gasteiger partial charge on any atom is -0.457 e.